The zero-order chi connectivity index (χ0) is 20.8. The predicted octanol–water partition coefficient (Wildman–Crippen LogP) is 4.08. The largest absolute Gasteiger partial charge is 0.345 e. The number of aromatic amines is 1. The van der Waals surface area contributed by atoms with Crippen LogP contribution < -0.4 is 10.6 Å². The third-order valence-corrected chi connectivity index (χ3v) is 5.33. The van der Waals surface area contributed by atoms with E-state index in [9.17, 15) is 9.59 Å². The van der Waals surface area contributed by atoms with Gasteiger partial charge in [-0.05, 0) is 48.9 Å². The van der Waals surface area contributed by atoms with Crippen LogP contribution in [-0.4, -0.2) is 32.7 Å². The summed E-state index contributed by atoms with van der Waals surface area (Å²) in [6.07, 6.45) is 0. The number of halogens is 2. The number of anilines is 1. The van der Waals surface area contributed by atoms with E-state index in [-0.39, 0.29) is 24.1 Å². The summed E-state index contributed by atoms with van der Waals surface area (Å²) in [5.41, 5.74) is 2.07. The molecule has 0 aliphatic carbocycles. The second-order valence-corrected chi connectivity index (χ2v) is 7.84. The Morgan fingerprint density at radius 3 is 2.62 bits per heavy atom. The molecule has 29 heavy (non-hydrogen) atoms. The molecule has 0 radical (unpaired) electrons. The van der Waals surface area contributed by atoms with E-state index < -0.39 is 0 Å². The zero-order valence-corrected chi connectivity index (χ0v) is 17.7. The first-order valence-electron chi connectivity index (χ1n) is 8.54. The molecular formula is C19H17Cl2N5O2S. The van der Waals surface area contributed by atoms with Gasteiger partial charge in [-0.25, -0.2) is 4.98 Å². The highest BCUT2D eigenvalue weighted by atomic mass is 35.5. The van der Waals surface area contributed by atoms with Gasteiger partial charge in [-0.15, -0.1) is 5.10 Å². The number of aryl methyl sites for hydroxylation is 1. The minimum absolute atomic E-state index is 0.139. The number of thioether (sulfide) groups is 1. The highest BCUT2D eigenvalue weighted by Gasteiger charge is 2.10. The van der Waals surface area contributed by atoms with Gasteiger partial charge in [0.2, 0.25) is 11.1 Å². The molecule has 3 rings (SSSR count). The van der Waals surface area contributed by atoms with Crippen LogP contribution in [0.4, 0.5) is 5.69 Å². The number of rotatable bonds is 7. The van der Waals surface area contributed by atoms with E-state index in [1.165, 1.54) is 11.8 Å². The van der Waals surface area contributed by atoms with E-state index in [1.54, 1.807) is 36.4 Å². The molecular weight excluding hydrogens is 433 g/mol. The van der Waals surface area contributed by atoms with Crippen molar-refractivity contribution < 1.29 is 9.59 Å². The van der Waals surface area contributed by atoms with Crippen molar-refractivity contribution in [1.82, 2.24) is 20.5 Å². The summed E-state index contributed by atoms with van der Waals surface area (Å²) >= 11 is 13.0. The molecule has 0 saturated heterocycles. The fourth-order valence-electron chi connectivity index (χ4n) is 2.29. The Hall–Kier alpha value is -2.55. The summed E-state index contributed by atoms with van der Waals surface area (Å²) in [7, 11) is 0. The molecule has 0 atom stereocenters. The Labute approximate surface area is 181 Å². The highest BCUT2D eigenvalue weighted by Crippen LogP contribution is 2.20. The normalized spacial score (nSPS) is 10.6. The van der Waals surface area contributed by atoms with Crippen LogP contribution in [0.5, 0.6) is 0 Å². The quantitative estimate of drug-likeness (QED) is 0.471. The van der Waals surface area contributed by atoms with E-state index in [0.29, 0.717) is 32.3 Å². The molecule has 7 nitrogen and oxygen atoms in total. The van der Waals surface area contributed by atoms with Gasteiger partial charge in [0.1, 0.15) is 5.82 Å². The highest BCUT2D eigenvalue weighted by molar-refractivity contribution is 7.99. The Morgan fingerprint density at radius 2 is 1.90 bits per heavy atom. The molecule has 0 aliphatic heterocycles. The first-order valence-corrected chi connectivity index (χ1v) is 10.3. The lowest BCUT2D eigenvalue weighted by molar-refractivity contribution is -0.113. The number of carbonyl (C=O) groups excluding carboxylic acids is 2. The van der Waals surface area contributed by atoms with Gasteiger partial charge in [-0.2, -0.15) is 0 Å². The second-order valence-electron chi connectivity index (χ2n) is 6.06. The summed E-state index contributed by atoms with van der Waals surface area (Å²) in [4.78, 5) is 28.4. The summed E-state index contributed by atoms with van der Waals surface area (Å²) in [6.45, 7) is 2.07. The zero-order valence-electron chi connectivity index (χ0n) is 15.3. The Morgan fingerprint density at radius 1 is 1.14 bits per heavy atom. The van der Waals surface area contributed by atoms with Crippen LogP contribution >= 0.6 is 35.0 Å². The van der Waals surface area contributed by atoms with E-state index in [4.69, 9.17) is 23.2 Å². The van der Waals surface area contributed by atoms with Crippen LogP contribution in [0, 0.1) is 6.92 Å². The SMILES string of the molecule is Cc1ccc(NC(=O)CSc2n[nH]c(CNC(=O)c3ccc(Cl)cc3)n2)cc1Cl. The predicted molar refractivity (Wildman–Crippen MR) is 115 cm³/mol. The van der Waals surface area contributed by atoms with Crippen LogP contribution in [0.15, 0.2) is 47.6 Å². The molecule has 3 N–H and O–H groups in total. The third kappa shape index (κ3) is 6.22. The molecule has 0 aliphatic rings. The van der Waals surface area contributed by atoms with Crippen molar-refractivity contribution in [1.29, 1.82) is 0 Å². The van der Waals surface area contributed by atoms with Gasteiger partial charge in [0.15, 0.2) is 0 Å². The standard InChI is InChI=1S/C19H17Cl2N5O2S/c1-11-2-7-14(8-15(11)21)23-17(27)10-29-19-24-16(25-26-19)9-22-18(28)12-3-5-13(20)6-4-12/h2-8H,9-10H2,1H3,(H,22,28)(H,23,27)(H,24,25,26). The summed E-state index contributed by atoms with van der Waals surface area (Å²) in [5.74, 6) is 0.182. The lowest BCUT2D eigenvalue weighted by Gasteiger charge is -2.06. The first kappa shape index (κ1) is 21.2. The molecule has 1 heterocycles. The lowest BCUT2D eigenvalue weighted by atomic mass is 10.2. The summed E-state index contributed by atoms with van der Waals surface area (Å²) in [6, 6.07) is 11.9. The first-order chi connectivity index (χ1) is 13.9. The number of amides is 2. The molecule has 2 amide bonds. The fourth-order valence-corrected chi connectivity index (χ4v) is 3.21. The average Bonchev–Trinajstić information content (AvgIpc) is 3.16. The van der Waals surface area contributed by atoms with Gasteiger partial charge in [-0.3, -0.25) is 14.7 Å². The molecule has 0 bridgehead atoms. The van der Waals surface area contributed by atoms with Gasteiger partial charge >= 0.3 is 0 Å². The molecule has 150 valence electrons. The van der Waals surface area contributed by atoms with Crippen molar-refractivity contribution in [2.75, 3.05) is 11.1 Å². The molecule has 0 saturated carbocycles. The van der Waals surface area contributed by atoms with Crippen LogP contribution in [0.1, 0.15) is 21.7 Å². The molecule has 3 aromatic rings. The molecule has 10 heteroatoms. The van der Waals surface area contributed by atoms with Crippen molar-refractivity contribution >= 4 is 52.5 Å². The average molecular weight is 450 g/mol. The number of aromatic nitrogens is 3. The maximum Gasteiger partial charge on any atom is 0.251 e. The number of H-pyrrole nitrogens is 1. The summed E-state index contributed by atoms with van der Waals surface area (Å²) in [5, 5.41) is 13.9. The Balaban J connectivity index is 1.46. The minimum atomic E-state index is -0.247. The van der Waals surface area contributed by atoms with Crippen molar-refractivity contribution in [3.8, 4) is 0 Å². The van der Waals surface area contributed by atoms with Crippen LogP contribution in [-0.2, 0) is 11.3 Å². The molecule has 0 unspecified atom stereocenters. The van der Waals surface area contributed by atoms with Gasteiger partial charge in [0.05, 0.1) is 12.3 Å². The van der Waals surface area contributed by atoms with E-state index in [0.717, 1.165) is 5.56 Å². The van der Waals surface area contributed by atoms with Crippen molar-refractivity contribution in [3.05, 3.63) is 69.5 Å². The van der Waals surface area contributed by atoms with Crippen molar-refractivity contribution in [3.63, 3.8) is 0 Å². The van der Waals surface area contributed by atoms with Crippen LogP contribution in [0.3, 0.4) is 0 Å². The maximum atomic E-state index is 12.1. The maximum absolute atomic E-state index is 12.1. The lowest BCUT2D eigenvalue weighted by Crippen LogP contribution is -2.23. The van der Waals surface area contributed by atoms with Gasteiger partial charge in [0, 0.05) is 21.3 Å². The topological polar surface area (TPSA) is 99.8 Å². The molecule has 2 aromatic carbocycles. The Bertz CT molecular complexity index is 1020. The van der Waals surface area contributed by atoms with Gasteiger partial charge in [-0.1, -0.05) is 41.0 Å². The monoisotopic (exact) mass is 449 g/mol. The minimum Gasteiger partial charge on any atom is -0.345 e. The number of carbonyl (C=O) groups is 2. The second kappa shape index (κ2) is 9.78. The Kier molecular flexibility index (Phi) is 7.13. The van der Waals surface area contributed by atoms with Crippen molar-refractivity contribution in [2.45, 2.75) is 18.6 Å². The van der Waals surface area contributed by atoms with Gasteiger partial charge in [0.25, 0.3) is 5.91 Å². The number of hydrogen-bond acceptors (Lipinski definition) is 5. The third-order valence-electron chi connectivity index (χ3n) is 3.82. The smallest absolute Gasteiger partial charge is 0.251 e. The fraction of sp³-hybridized carbons (Fsp3) is 0.158. The number of hydrogen-bond donors (Lipinski definition) is 3. The number of nitrogens with zero attached hydrogens (tertiary/aromatic N) is 2. The summed E-state index contributed by atoms with van der Waals surface area (Å²) < 4.78 is 0. The van der Waals surface area contributed by atoms with Crippen LogP contribution in [0.25, 0.3) is 0 Å². The van der Waals surface area contributed by atoms with Crippen LogP contribution in [0.2, 0.25) is 10.0 Å². The molecule has 1 aromatic heterocycles. The van der Waals surface area contributed by atoms with E-state index >= 15 is 0 Å². The van der Waals surface area contributed by atoms with E-state index in [1.807, 2.05) is 13.0 Å². The van der Waals surface area contributed by atoms with Crippen molar-refractivity contribution in [2.24, 2.45) is 0 Å². The van der Waals surface area contributed by atoms with Gasteiger partial charge < -0.3 is 10.6 Å². The molecule has 0 spiro atoms. The number of nitrogens with one attached hydrogen (secondary N) is 3. The molecule has 0 fully saturated rings. The van der Waals surface area contributed by atoms with E-state index in [2.05, 4.69) is 25.8 Å². The number of benzene rings is 2.